The molecule has 1 atom stereocenters. The molecule has 0 saturated carbocycles. The molecule has 0 amide bonds. The number of hydrogen-bond acceptors (Lipinski definition) is 4. The predicted octanol–water partition coefficient (Wildman–Crippen LogP) is 1.97. The van der Waals surface area contributed by atoms with Gasteiger partial charge in [0.05, 0.1) is 19.3 Å². The number of nitrogens with two attached hydrogens (primary N) is 1. The summed E-state index contributed by atoms with van der Waals surface area (Å²) in [5, 5.41) is 4.29. The van der Waals surface area contributed by atoms with Crippen molar-refractivity contribution in [1.82, 2.24) is 15.2 Å². The minimum absolute atomic E-state index is 0.0407. The van der Waals surface area contributed by atoms with Gasteiger partial charge in [-0.25, -0.2) is 0 Å². The Morgan fingerprint density at radius 3 is 2.85 bits per heavy atom. The summed E-state index contributed by atoms with van der Waals surface area (Å²) >= 11 is 0. The van der Waals surface area contributed by atoms with E-state index in [-0.39, 0.29) is 6.04 Å². The molecule has 5 heteroatoms. The Morgan fingerprint density at radius 1 is 1.45 bits per heavy atom. The summed E-state index contributed by atoms with van der Waals surface area (Å²) in [7, 11) is 1.68. The molecule has 20 heavy (non-hydrogen) atoms. The average molecular weight is 274 g/mol. The SMILES string of the molecule is CCn1cc(CC(NN)c2ccc(C)c(OC)c2)cn1. The minimum Gasteiger partial charge on any atom is -0.496 e. The fraction of sp³-hybridized carbons (Fsp3) is 0.400. The van der Waals surface area contributed by atoms with Gasteiger partial charge in [0.1, 0.15) is 5.75 Å². The van der Waals surface area contributed by atoms with Crippen LogP contribution in [0.5, 0.6) is 5.75 Å². The van der Waals surface area contributed by atoms with E-state index < -0.39 is 0 Å². The molecule has 1 heterocycles. The van der Waals surface area contributed by atoms with Crippen LogP contribution < -0.4 is 16.0 Å². The zero-order valence-corrected chi connectivity index (χ0v) is 12.3. The van der Waals surface area contributed by atoms with Gasteiger partial charge in [-0.2, -0.15) is 5.10 Å². The summed E-state index contributed by atoms with van der Waals surface area (Å²) in [6, 6.07) is 6.20. The molecule has 0 aliphatic heterocycles. The van der Waals surface area contributed by atoms with Crippen LogP contribution in [0.25, 0.3) is 0 Å². The van der Waals surface area contributed by atoms with Gasteiger partial charge in [0.2, 0.25) is 0 Å². The second kappa shape index (κ2) is 6.54. The lowest BCUT2D eigenvalue weighted by Gasteiger charge is -2.17. The summed E-state index contributed by atoms with van der Waals surface area (Å²) in [5.74, 6) is 6.58. The van der Waals surface area contributed by atoms with E-state index in [0.29, 0.717) is 0 Å². The maximum Gasteiger partial charge on any atom is 0.122 e. The van der Waals surface area contributed by atoms with Crippen molar-refractivity contribution < 1.29 is 4.74 Å². The standard InChI is InChI=1S/C15H22N4O/c1-4-19-10-12(9-17-19)7-14(18-16)13-6-5-11(2)15(8-13)20-3/h5-6,8-10,14,18H,4,7,16H2,1-3H3. The Bertz CT molecular complexity index is 565. The highest BCUT2D eigenvalue weighted by Gasteiger charge is 2.13. The summed E-state index contributed by atoms with van der Waals surface area (Å²) in [6.07, 6.45) is 4.73. The van der Waals surface area contributed by atoms with Crippen molar-refractivity contribution in [2.75, 3.05) is 7.11 Å². The van der Waals surface area contributed by atoms with Crippen molar-refractivity contribution in [3.63, 3.8) is 0 Å². The normalized spacial score (nSPS) is 12.4. The molecule has 2 aromatic rings. The fourth-order valence-electron chi connectivity index (χ4n) is 2.25. The third kappa shape index (κ3) is 3.18. The lowest BCUT2D eigenvalue weighted by Crippen LogP contribution is -2.29. The molecule has 0 spiro atoms. The Morgan fingerprint density at radius 2 is 2.25 bits per heavy atom. The van der Waals surface area contributed by atoms with Crippen molar-refractivity contribution in [1.29, 1.82) is 0 Å². The van der Waals surface area contributed by atoms with Crippen LogP contribution >= 0.6 is 0 Å². The molecule has 1 unspecified atom stereocenters. The number of hydrazine groups is 1. The maximum absolute atomic E-state index is 5.70. The number of aryl methyl sites for hydroxylation is 2. The Kier molecular flexibility index (Phi) is 4.76. The van der Waals surface area contributed by atoms with Gasteiger partial charge in [0.15, 0.2) is 0 Å². The first-order valence-corrected chi connectivity index (χ1v) is 6.80. The van der Waals surface area contributed by atoms with E-state index in [9.17, 15) is 0 Å². The molecule has 2 rings (SSSR count). The quantitative estimate of drug-likeness (QED) is 0.624. The van der Waals surface area contributed by atoms with Gasteiger partial charge in [-0.1, -0.05) is 12.1 Å². The van der Waals surface area contributed by atoms with Crippen LogP contribution in [0.2, 0.25) is 0 Å². The van der Waals surface area contributed by atoms with Gasteiger partial charge in [-0.05, 0) is 43.0 Å². The van der Waals surface area contributed by atoms with Crippen molar-refractivity contribution in [2.24, 2.45) is 5.84 Å². The number of nitrogens with zero attached hydrogens (tertiary/aromatic N) is 2. The smallest absolute Gasteiger partial charge is 0.122 e. The van der Waals surface area contributed by atoms with Gasteiger partial charge in [0.25, 0.3) is 0 Å². The Labute approximate surface area is 119 Å². The van der Waals surface area contributed by atoms with Crippen LogP contribution in [0.4, 0.5) is 0 Å². The molecule has 1 aromatic carbocycles. The number of methoxy groups -OCH3 is 1. The topological polar surface area (TPSA) is 65.1 Å². The predicted molar refractivity (Wildman–Crippen MR) is 79.4 cm³/mol. The molecule has 0 saturated heterocycles. The van der Waals surface area contributed by atoms with E-state index in [1.165, 1.54) is 0 Å². The molecule has 1 aromatic heterocycles. The molecule has 3 N–H and O–H groups in total. The van der Waals surface area contributed by atoms with E-state index >= 15 is 0 Å². The number of ether oxygens (including phenoxy) is 1. The highest BCUT2D eigenvalue weighted by molar-refractivity contribution is 5.38. The third-order valence-corrected chi connectivity index (χ3v) is 3.49. The van der Waals surface area contributed by atoms with Crippen LogP contribution in [0, 0.1) is 6.92 Å². The third-order valence-electron chi connectivity index (χ3n) is 3.49. The summed E-state index contributed by atoms with van der Waals surface area (Å²) < 4.78 is 7.28. The fourth-order valence-corrected chi connectivity index (χ4v) is 2.25. The molecule has 0 fully saturated rings. The van der Waals surface area contributed by atoms with Gasteiger partial charge < -0.3 is 4.74 Å². The number of nitrogens with one attached hydrogen (secondary N) is 1. The molecule has 0 radical (unpaired) electrons. The van der Waals surface area contributed by atoms with E-state index in [0.717, 1.165) is 35.4 Å². The first kappa shape index (κ1) is 14.6. The molecule has 0 bridgehead atoms. The number of rotatable bonds is 6. The van der Waals surface area contributed by atoms with E-state index in [1.54, 1.807) is 7.11 Å². The monoisotopic (exact) mass is 274 g/mol. The van der Waals surface area contributed by atoms with Gasteiger partial charge >= 0.3 is 0 Å². The average Bonchev–Trinajstić information content (AvgIpc) is 2.93. The van der Waals surface area contributed by atoms with E-state index in [2.05, 4.69) is 29.7 Å². The Hall–Kier alpha value is -1.85. The van der Waals surface area contributed by atoms with Crippen LogP contribution in [-0.2, 0) is 13.0 Å². The zero-order valence-electron chi connectivity index (χ0n) is 12.3. The number of aromatic nitrogens is 2. The van der Waals surface area contributed by atoms with Crippen molar-refractivity contribution in [3.05, 3.63) is 47.3 Å². The molecule has 0 aliphatic rings. The maximum atomic E-state index is 5.70. The highest BCUT2D eigenvalue weighted by Crippen LogP contribution is 2.25. The first-order chi connectivity index (χ1) is 9.67. The second-order valence-electron chi connectivity index (χ2n) is 4.86. The van der Waals surface area contributed by atoms with Gasteiger partial charge in [-0.15, -0.1) is 0 Å². The summed E-state index contributed by atoms with van der Waals surface area (Å²) in [4.78, 5) is 0. The largest absolute Gasteiger partial charge is 0.496 e. The zero-order chi connectivity index (χ0) is 14.5. The van der Waals surface area contributed by atoms with Crippen molar-refractivity contribution in [2.45, 2.75) is 32.9 Å². The second-order valence-corrected chi connectivity index (χ2v) is 4.86. The first-order valence-electron chi connectivity index (χ1n) is 6.80. The lowest BCUT2D eigenvalue weighted by molar-refractivity contribution is 0.410. The van der Waals surface area contributed by atoms with Crippen LogP contribution in [0.1, 0.15) is 29.7 Å². The number of benzene rings is 1. The lowest BCUT2D eigenvalue weighted by atomic mass is 9.99. The van der Waals surface area contributed by atoms with Crippen LogP contribution in [-0.4, -0.2) is 16.9 Å². The minimum atomic E-state index is 0.0407. The highest BCUT2D eigenvalue weighted by atomic mass is 16.5. The molecule has 0 aliphatic carbocycles. The summed E-state index contributed by atoms with van der Waals surface area (Å²) in [6.45, 7) is 4.97. The van der Waals surface area contributed by atoms with Crippen LogP contribution in [0.15, 0.2) is 30.6 Å². The van der Waals surface area contributed by atoms with Gasteiger partial charge in [0, 0.05) is 12.7 Å². The van der Waals surface area contributed by atoms with Crippen LogP contribution in [0.3, 0.4) is 0 Å². The van der Waals surface area contributed by atoms with E-state index in [1.807, 2.05) is 29.9 Å². The molecular weight excluding hydrogens is 252 g/mol. The van der Waals surface area contributed by atoms with Crippen molar-refractivity contribution in [3.8, 4) is 5.75 Å². The molecular formula is C15H22N4O. The molecule has 108 valence electrons. The Balaban J connectivity index is 2.19. The van der Waals surface area contributed by atoms with E-state index in [4.69, 9.17) is 10.6 Å². The molecule has 5 nitrogen and oxygen atoms in total. The summed E-state index contributed by atoms with van der Waals surface area (Å²) in [5.41, 5.74) is 6.26. The number of hydrogen-bond donors (Lipinski definition) is 2. The van der Waals surface area contributed by atoms with Gasteiger partial charge in [-0.3, -0.25) is 16.0 Å². The van der Waals surface area contributed by atoms with Crippen molar-refractivity contribution >= 4 is 0 Å².